The summed E-state index contributed by atoms with van der Waals surface area (Å²) in [6.07, 6.45) is 1.94. The van der Waals surface area contributed by atoms with Crippen molar-refractivity contribution in [1.29, 1.82) is 0 Å². The van der Waals surface area contributed by atoms with Crippen molar-refractivity contribution >= 4 is 5.91 Å². The van der Waals surface area contributed by atoms with Crippen LogP contribution in [0.15, 0.2) is 34.9 Å². The highest BCUT2D eigenvalue weighted by molar-refractivity contribution is 5.96. The molecule has 5 nitrogen and oxygen atoms in total. The zero-order valence-corrected chi connectivity index (χ0v) is 14.5. The Kier molecular flexibility index (Phi) is 5.00. The van der Waals surface area contributed by atoms with E-state index in [0.29, 0.717) is 30.1 Å². The highest BCUT2D eigenvalue weighted by atomic mass is 16.5. The molecule has 2 heterocycles. The Morgan fingerprint density at radius 1 is 1.33 bits per heavy atom. The number of amides is 1. The Morgan fingerprint density at radius 2 is 2.08 bits per heavy atom. The maximum atomic E-state index is 12.9. The molecule has 0 spiro atoms. The highest BCUT2D eigenvalue weighted by Gasteiger charge is 2.33. The number of aryl methyl sites for hydroxylation is 2. The molecule has 1 aromatic heterocycles. The fraction of sp³-hybridized carbons (Fsp3) is 0.474. The quantitative estimate of drug-likeness (QED) is 0.866. The molecule has 2 atom stereocenters. The van der Waals surface area contributed by atoms with Crippen LogP contribution in [-0.4, -0.2) is 42.3 Å². The van der Waals surface area contributed by atoms with Gasteiger partial charge in [-0.05, 0) is 32.3 Å². The first-order chi connectivity index (χ1) is 11.6. The van der Waals surface area contributed by atoms with E-state index in [1.54, 1.807) is 14.0 Å². The molecule has 0 radical (unpaired) electrons. The Labute approximate surface area is 142 Å². The Hall–Kier alpha value is -2.14. The lowest BCUT2D eigenvalue weighted by atomic mass is 9.88. The van der Waals surface area contributed by atoms with Gasteiger partial charge in [-0.15, -0.1) is 0 Å². The van der Waals surface area contributed by atoms with Crippen molar-refractivity contribution in [3.63, 3.8) is 0 Å². The van der Waals surface area contributed by atoms with Crippen LogP contribution in [-0.2, 0) is 11.2 Å². The molecule has 2 aromatic rings. The molecule has 0 aliphatic carbocycles. The lowest BCUT2D eigenvalue weighted by Gasteiger charge is -2.38. The maximum absolute atomic E-state index is 12.9. The summed E-state index contributed by atoms with van der Waals surface area (Å²) in [5.74, 6) is 0.889. The molecule has 128 valence electrons. The van der Waals surface area contributed by atoms with Gasteiger partial charge in [-0.1, -0.05) is 35.5 Å². The summed E-state index contributed by atoms with van der Waals surface area (Å²) in [5.41, 5.74) is 2.53. The summed E-state index contributed by atoms with van der Waals surface area (Å²) < 4.78 is 10.8. The highest BCUT2D eigenvalue weighted by Crippen LogP contribution is 2.26. The number of benzene rings is 1. The zero-order valence-electron chi connectivity index (χ0n) is 14.5. The lowest BCUT2D eigenvalue weighted by Crippen LogP contribution is -2.47. The fourth-order valence-corrected chi connectivity index (χ4v) is 3.56. The van der Waals surface area contributed by atoms with Gasteiger partial charge in [0.15, 0.2) is 0 Å². The van der Waals surface area contributed by atoms with Crippen molar-refractivity contribution in [2.45, 2.75) is 32.8 Å². The molecule has 0 N–H and O–H groups in total. The molecule has 24 heavy (non-hydrogen) atoms. The summed E-state index contributed by atoms with van der Waals surface area (Å²) in [6, 6.07) is 10.4. The Bertz CT molecular complexity index is 676. The fourth-order valence-electron chi connectivity index (χ4n) is 3.56. The van der Waals surface area contributed by atoms with Crippen LogP contribution < -0.4 is 0 Å². The number of rotatable bonds is 4. The molecule has 1 amide bonds. The van der Waals surface area contributed by atoms with Gasteiger partial charge in [0, 0.05) is 26.1 Å². The Morgan fingerprint density at radius 3 is 2.71 bits per heavy atom. The first-order valence-electron chi connectivity index (χ1n) is 8.39. The third-order valence-corrected chi connectivity index (χ3v) is 4.84. The molecule has 0 bridgehead atoms. The average Bonchev–Trinajstić information content (AvgIpc) is 2.94. The van der Waals surface area contributed by atoms with Crippen LogP contribution in [0.2, 0.25) is 0 Å². The third kappa shape index (κ3) is 3.36. The van der Waals surface area contributed by atoms with Gasteiger partial charge in [0.25, 0.3) is 5.91 Å². The van der Waals surface area contributed by atoms with Gasteiger partial charge >= 0.3 is 0 Å². The molecule has 1 aliphatic heterocycles. The standard InChI is InChI=1S/C19H24N2O3/c1-13-18(14(2)24-20-13)19(22)21-10-9-17(23-3)16(12-21)11-15-7-5-4-6-8-15/h4-8,16-17H,9-12H2,1-3H3/t16-,17-/m1/s1. The lowest BCUT2D eigenvalue weighted by molar-refractivity contribution is -0.00305. The van der Waals surface area contributed by atoms with Gasteiger partial charge in [-0.25, -0.2) is 0 Å². The van der Waals surface area contributed by atoms with E-state index in [1.165, 1.54) is 5.56 Å². The second kappa shape index (κ2) is 7.18. The maximum Gasteiger partial charge on any atom is 0.259 e. The van der Waals surface area contributed by atoms with Gasteiger partial charge < -0.3 is 14.2 Å². The van der Waals surface area contributed by atoms with Gasteiger partial charge in [-0.3, -0.25) is 4.79 Å². The van der Waals surface area contributed by atoms with Crippen LogP contribution >= 0.6 is 0 Å². The third-order valence-electron chi connectivity index (χ3n) is 4.84. The number of carbonyl (C=O) groups excluding carboxylic acids is 1. The van der Waals surface area contributed by atoms with E-state index in [2.05, 4.69) is 17.3 Å². The predicted octanol–water partition coefficient (Wildman–Crippen LogP) is 3.01. The van der Waals surface area contributed by atoms with E-state index in [9.17, 15) is 4.79 Å². The van der Waals surface area contributed by atoms with E-state index in [4.69, 9.17) is 9.26 Å². The number of methoxy groups -OCH3 is 1. The van der Waals surface area contributed by atoms with E-state index in [-0.39, 0.29) is 17.9 Å². The van der Waals surface area contributed by atoms with Gasteiger partial charge in [0.1, 0.15) is 11.3 Å². The summed E-state index contributed by atoms with van der Waals surface area (Å²) in [4.78, 5) is 14.8. The minimum absolute atomic E-state index is 0.0128. The molecular formula is C19H24N2O3. The molecule has 1 fully saturated rings. The number of nitrogens with zero attached hydrogens (tertiary/aromatic N) is 2. The monoisotopic (exact) mass is 328 g/mol. The van der Waals surface area contributed by atoms with Crippen molar-refractivity contribution in [2.24, 2.45) is 5.92 Å². The van der Waals surface area contributed by atoms with Crippen LogP contribution in [0.1, 0.15) is 33.8 Å². The number of hydrogen-bond donors (Lipinski definition) is 0. The van der Waals surface area contributed by atoms with Crippen molar-refractivity contribution in [1.82, 2.24) is 10.1 Å². The van der Waals surface area contributed by atoms with Gasteiger partial charge in [0.05, 0.1) is 11.8 Å². The molecule has 1 saturated heterocycles. The van der Waals surface area contributed by atoms with Crippen LogP contribution in [0.25, 0.3) is 0 Å². The molecule has 0 unspecified atom stereocenters. The van der Waals surface area contributed by atoms with E-state index in [0.717, 1.165) is 12.8 Å². The SMILES string of the molecule is CO[C@@H]1CCN(C(=O)c2c(C)noc2C)C[C@H]1Cc1ccccc1. The second-order valence-corrected chi connectivity index (χ2v) is 6.46. The number of ether oxygens (including phenoxy) is 1. The van der Waals surface area contributed by atoms with E-state index in [1.807, 2.05) is 30.0 Å². The predicted molar refractivity (Wildman–Crippen MR) is 90.9 cm³/mol. The summed E-state index contributed by atoms with van der Waals surface area (Å²) in [7, 11) is 1.76. The minimum atomic E-state index is 0.0128. The minimum Gasteiger partial charge on any atom is -0.381 e. The molecular weight excluding hydrogens is 304 g/mol. The van der Waals surface area contributed by atoms with Gasteiger partial charge in [-0.2, -0.15) is 0 Å². The van der Waals surface area contributed by atoms with Crippen LogP contribution in [0.3, 0.4) is 0 Å². The summed E-state index contributed by atoms with van der Waals surface area (Å²) in [6.45, 7) is 4.99. The first kappa shape index (κ1) is 16.7. The molecule has 3 rings (SSSR count). The number of piperidine rings is 1. The normalized spacial score (nSPS) is 21.0. The molecule has 1 aromatic carbocycles. The number of likely N-dealkylation sites (tertiary alicyclic amines) is 1. The number of aromatic nitrogens is 1. The second-order valence-electron chi connectivity index (χ2n) is 6.46. The van der Waals surface area contributed by atoms with E-state index < -0.39 is 0 Å². The smallest absolute Gasteiger partial charge is 0.259 e. The van der Waals surface area contributed by atoms with Crippen molar-refractivity contribution in [3.05, 3.63) is 52.9 Å². The topological polar surface area (TPSA) is 55.6 Å². The van der Waals surface area contributed by atoms with Gasteiger partial charge in [0.2, 0.25) is 0 Å². The zero-order chi connectivity index (χ0) is 17.1. The van der Waals surface area contributed by atoms with E-state index >= 15 is 0 Å². The first-order valence-corrected chi connectivity index (χ1v) is 8.39. The van der Waals surface area contributed by atoms with Crippen molar-refractivity contribution < 1.29 is 14.1 Å². The molecule has 0 saturated carbocycles. The van der Waals surface area contributed by atoms with Crippen molar-refractivity contribution in [2.75, 3.05) is 20.2 Å². The Balaban J connectivity index is 1.76. The number of carbonyl (C=O) groups is 1. The largest absolute Gasteiger partial charge is 0.381 e. The average molecular weight is 328 g/mol. The summed E-state index contributed by atoms with van der Waals surface area (Å²) in [5, 5.41) is 3.90. The molecule has 1 aliphatic rings. The van der Waals surface area contributed by atoms with Crippen LogP contribution in [0.5, 0.6) is 0 Å². The van der Waals surface area contributed by atoms with Crippen LogP contribution in [0, 0.1) is 19.8 Å². The van der Waals surface area contributed by atoms with Crippen molar-refractivity contribution in [3.8, 4) is 0 Å². The molecule has 5 heteroatoms. The van der Waals surface area contributed by atoms with Crippen LogP contribution in [0.4, 0.5) is 0 Å². The number of hydrogen-bond acceptors (Lipinski definition) is 4. The summed E-state index contributed by atoms with van der Waals surface area (Å²) >= 11 is 0.